The number of rotatable bonds is 7. The van der Waals surface area contributed by atoms with Crippen LogP contribution in [0.1, 0.15) is 87.7 Å². The molecule has 150 valence electrons. The number of phenols is 1. The largest absolute Gasteiger partial charge is 0.508 e. The molecule has 4 rings (SSSR count). The van der Waals surface area contributed by atoms with E-state index in [1.54, 1.807) is 0 Å². The lowest BCUT2D eigenvalue weighted by molar-refractivity contribution is 0.0521. The predicted octanol–water partition coefficient (Wildman–Crippen LogP) is 5.36. The monoisotopic (exact) mass is 372 g/mol. The Morgan fingerprint density at radius 2 is 1.81 bits per heavy atom. The smallest absolute Gasteiger partial charge is 0.115 e. The van der Waals surface area contributed by atoms with E-state index in [-0.39, 0.29) is 6.10 Å². The first kappa shape index (κ1) is 19.3. The first-order valence-electron chi connectivity index (χ1n) is 11.3. The molecule has 3 aliphatic rings. The summed E-state index contributed by atoms with van der Waals surface area (Å²) in [6, 6.07) is 6.12. The molecule has 0 aliphatic heterocycles. The van der Waals surface area contributed by atoms with E-state index in [9.17, 15) is 10.2 Å². The summed E-state index contributed by atoms with van der Waals surface area (Å²) in [6.45, 7) is 3.89. The number of unbranched alkanes of at least 4 members (excludes halogenated alkanes) is 1. The Bertz CT molecular complexity index is 628. The number of fused-ring (bicyclic) bond motifs is 5. The maximum Gasteiger partial charge on any atom is 0.115 e. The van der Waals surface area contributed by atoms with Crippen molar-refractivity contribution in [3.05, 3.63) is 29.3 Å². The van der Waals surface area contributed by atoms with E-state index in [2.05, 4.69) is 13.0 Å². The Kier molecular flexibility index (Phi) is 6.08. The van der Waals surface area contributed by atoms with Gasteiger partial charge in [-0.2, -0.15) is 0 Å². The molecule has 0 amide bonds. The van der Waals surface area contributed by atoms with Gasteiger partial charge in [0, 0.05) is 13.2 Å². The number of phenolic OH excluding ortho intramolecular Hbond substituents is 1. The van der Waals surface area contributed by atoms with E-state index in [0.29, 0.717) is 29.4 Å². The number of benzene rings is 1. The first-order chi connectivity index (χ1) is 13.2. The fourth-order valence-electron chi connectivity index (χ4n) is 6.45. The van der Waals surface area contributed by atoms with Crippen molar-refractivity contribution in [2.24, 2.45) is 17.8 Å². The summed E-state index contributed by atoms with van der Waals surface area (Å²) in [4.78, 5) is 0. The molecule has 3 aliphatic carbocycles. The molecule has 1 aromatic rings. The minimum Gasteiger partial charge on any atom is -0.508 e. The summed E-state index contributed by atoms with van der Waals surface area (Å²) in [5.74, 6) is 3.56. The van der Waals surface area contributed by atoms with Crippen LogP contribution in [0.3, 0.4) is 0 Å². The van der Waals surface area contributed by atoms with E-state index in [4.69, 9.17) is 4.74 Å². The molecule has 0 bridgehead atoms. The number of aliphatic hydroxyl groups excluding tert-OH is 1. The van der Waals surface area contributed by atoms with Gasteiger partial charge in [0.25, 0.3) is 0 Å². The summed E-state index contributed by atoms with van der Waals surface area (Å²) < 4.78 is 5.65. The topological polar surface area (TPSA) is 49.7 Å². The SMILES string of the molecule is CCCOCCCC[C@@H]1C[C@@H]2[C@H](CCC3[C@H]2CC[C@@H]3O)c2ccc(O)cc21. The van der Waals surface area contributed by atoms with Gasteiger partial charge in [0.15, 0.2) is 0 Å². The molecule has 2 N–H and O–H groups in total. The molecule has 3 nitrogen and oxygen atoms in total. The van der Waals surface area contributed by atoms with Crippen LogP contribution >= 0.6 is 0 Å². The first-order valence-corrected chi connectivity index (χ1v) is 11.3. The van der Waals surface area contributed by atoms with Crippen LogP contribution in [0.4, 0.5) is 0 Å². The average Bonchev–Trinajstić information content (AvgIpc) is 3.05. The Labute approximate surface area is 164 Å². The van der Waals surface area contributed by atoms with E-state index in [0.717, 1.165) is 38.4 Å². The Morgan fingerprint density at radius 1 is 0.963 bits per heavy atom. The van der Waals surface area contributed by atoms with Gasteiger partial charge in [-0.1, -0.05) is 19.4 Å². The van der Waals surface area contributed by atoms with Crippen LogP contribution in [0.2, 0.25) is 0 Å². The summed E-state index contributed by atoms with van der Waals surface area (Å²) >= 11 is 0. The third-order valence-corrected chi connectivity index (χ3v) is 7.62. The number of hydrogen-bond acceptors (Lipinski definition) is 3. The molecular formula is C24H36O3. The molecule has 2 fully saturated rings. The second-order valence-electron chi connectivity index (χ2n) is 9.17. The van der Waals surface area contributed by atoms with Gasteiger partial charge in [0.2, 0.25) is 0 Å². The van der Waals surface area contributed by atoms with E-state index >= 15 is 0 Å². The van der Waals surface area contributed by atoms with Crippen LogP contribution in [0.5, 0.6) is 5.75 Å². The molecular weight excluding hydrogens is 336 g/mol. The van der Waals surface area contributed by atoms with Crippen molar-refractivity contribution in [3.63, 3.8) is 0 Å². The highest BCUT2D eigenvalue weighted by Gasteiger charge is 2.48. The van der Waals surface area contributed by atoms with E-state index in [1.165, 1.54) is 49.7 Å². The normalized spacial score (nSPS) is 34.7. The van der Waals surface area contributed by atoms with E-state index < -0.39 is 0 Å². The van der Waals surface area contributed by atoms with Crippen molar-refractivity contribution < 1.29 is 14.9 Å². The van der Waals surface area contributed by atoms with Crippen LogP contribution in [-0.4, -0.2) is 29.5 Å². The molecule has 0 spiro atoms. The predicted molar refractivity (Wildman–Crippen MR) is 108 cm³/mol. The summed E-state index contributed by atoms with van der Waals surface area (Å²) in [5, 5.41) is 20.5. The fraction of sp³-hybridized carbons (Fsp3) is 0.750. The van der Waals surface area contributed by atoms with Crippen LogP contribution in [-0.2, 0) is 4.74 Å². The van der Waals surface area contributed by atoms with Crippen molar-refractivity contribution in [1.82, 2.24) is 0 Å². The van der Waals surface area contributed by atoms with Crippen molar-refractivity contribution in [2.75, 3.05) is 13.2 Å². The van der Waals surface area contributed by atoms with Gasteiger partial charge in [-0.05, 0) is 104 Å². The lowest BCUT2D eigenvalue weighted by Crippen LogP contribution is -2.37. The fourth-order valence-corrected chi connectivity index (χ4v) is 6.45. The Morgan fingerprint density at radius 3 is 2.67 bits per heavy atom. The van der Waals surface area contributed by atoms with Gasteiger partial charge in [0.05, 0.1) is 6.10 Å². The van der Waals surface area contributed by atoms with Crippen LogP contribution in [0.15, 0.2) is 18.2 Å². The Hall–Kier alpha value is -1.06. The number of aliphatic hydroxyl groups is 1. The van der Waals surface area contributed by atoms with E-state index in [1.807, 2.05) is 12.1 Å². The number of hydrogen-bond donors (Lipinski definition) is 2. The third-order valence-electron chi connectivity index (χ3n) is 7.62. The highest BCUT2D eigenvalue weighted by molar-refractivity contribution is 5.42. The van der Waals surface area contributed by atoms with Crippen molar-refractivity contribution in [2.45, 2.75) is 82.7 Å². The van der Waals surface area contributed by atoms with Gasteiger partial charge in [0.1, 0.15) is 5.75 Å². The molecule has 0 heterocycles. The lowest BCUT2D eigenvalue weighted by atomic mass is 9.58. The molecule has 0 radical (unpaired) electrons. The van der Waals surface area contributed by atoms with Gasteiger partial charge in [-0.3, -0.25) is 0 Å². The maximum absolute atomic E-state index is 10.4. The van der Waals surface area contributed by atoms with Crippen LogP contribution in [0, 0.1) is 17.8 Å². The molecule has 27 heavy (non-hydrogen) atoms. The highest BCUT2D eigenvalue weighted by atomic mass is 16.5. The molecule has 2 saturated carbocycles. The van der Waals surface area contributed by atoms with Gasteiger partial charge < -0.3 is 14.9 Å². The number of aromatic hydroxyl groups is 1. The van der Waals surface area contributed by atoms with Gasteiger partial charge >= 0.3 is 0 Å². The maximum atomic E-state index is 10.4. The van der Waals surface area contributed by atoms with Crippen LogP contribution in [0.25, 0.3) is 0 Å². The standard InChI is InChI=1S/C24H36O3/c1-2-12-27-13-4-3-5-16-14-23-19(18-7-6-17(25)15-22(16)18)8-9-21-20(23)10-11-24(21)26/h6-7,15-16,19-21,23-26H,2-5,8-14H2,1H3/t16-,19-,20-,21?,23-,24+/m1/s1. The lowest BCUT2D eigenvalue weighted by Gasteiger charge is -2.47. The zero-order chi connectivity index (χ0) is 18.8. The molecule has 6 atom stereocenters. The van der Waals surface area contributed by atoms with Gasteiger partial charge in [-0.15, -0.1) is 0 Å². The summed E-state index contributed by atoms with van der Waals surface area (Å²) in [7, 11) is 0. The van der Waals surface area contributed by atoms with Crippen molar-refractivity contribution in [1.29, 1.82) is 0 Å². The zero-order valence-electron chi connectivity index (χ0n) is 16.8. The van der Waals surface area contributed by atoms with Crippen LogP contribution < -0.4 is 0 Å². The van der Waals surface area contributed by atoms with Gasteiger partial charge in [-0.25, -0.2) is 0 Å². The molecule has 1 unspecified atom stereocenters. The zero-order valence-corrected chi connectivity index (χ0v) is 16.8. The summed E-state index contributed by atoms with van der Waals surface area (Å²) in [5.41, 5.74) is 2.90. The number of ether oxygens (including phenoxy) is 1. The highest BCUT2D eigenvalue weighted by Crippen LogP contribution is 2.58. The van der Waals surface area contributed by atoms with Crippen molar-refractivity contribution >= 4 is 0 Å². The molecule has 1 aromatic carbocycles. The average molecular weight is 373 g/mol. The quantitative estimate of drug-likeness (QED) is 0.634. The second kappa shape index (κ2) is 8.53. The molecule has 3 heteroatoms. The second-order valence-corrected chi connectivity index (χ2v) is 9.17. The molecule has 0 saturated heterocycles. The molecule has 0 aromatic heterocycles. The summed E-state index contributed by atoms with van der Waals surface area (Å²) in [6.07, 6.45) is 10.4. The van der Waals surface area contributed by atoms with Crippen molar-refractivity contribution in [3.8, 4) is 5.75 Å². The third kappa shape index (κ3) is 3.91. The minimum absolute atomic E-state index is 0.0636. The minimum atomic E-state index is -0.0636. The Balaban J connectivity index is 1.49.